The summed E-state index contributed by atoms with van der Waals surface area (Å²) in [5, 5.41) is 12.1. The molecule has 1 amide bonds. The minimum Gasteiger partial charge on any atom is -0.490 e. The molecule has 0 bridgehead atoms. The Morgan fingerprint density at radius 3 is 2.51 bits per heavy atom. The molecule has 1 heterocycles. The highest BCUT2D eigenvalue weighted by Gasteiger charge is 2.14. The first-order valence-corrected chi connectivity index (χ1v) is 11.1. The molecule has 0 radical (unpaired) electrons. The van der Waals surface area contributed by atoms with Crippen LogP contribution in [0.25, 0.3) is 6.08 Å². The van der Waals surface area contributed by atoms with Crippen molar-refractivity contribution in [3.8, 4) is 23.3 Å². The van der Waals surface area contributed by atoms with Crippen LogP contribution in [0.4, 0.5) is 0 Å². The number of hydrogen-bond acceptors (Lipinski definition) is 7. The van der Waals surface area contributed by atoms with E-state index in [1.165, 1.54) is 17.9 Å². The zero-order valence-electron chi connectivity index (χ0n) is 19.6. The summed E-state index contributed by atoms with van der Waals surface area (Å²) in [4.78, 5) is 24.7. The van der Waals surface area contributed by atoms with Crippen molar-refractivity contribution in [3.63, 3.8) is 0 Å². The molecule has 1 N–H and O–H groups in total. The Hall–Kier alpha value is -4.51. The minimum atomic E-state index is -0.594. The molecule has 180 valence electrons. The number of furan rings is 1. The number of ether oxygens (including phenoxy) is 3. The van der Waals surface area contributed by atoms with Gasteiger partial charge in [-0.25, -0.2) is 4.79 Å². The summed E-state index contributed by atoms with van der Waals surface area (Å²) < 4.78 is 21.7. The van der Waals surface area contributed by atoms with E-state index in [0.29, 0.717) is 29.4 Å². The third-order valence-corrected chi connectivity index (χ3v) is 4.86. The van der Waals surface area contributed by atoms with Crippen LogP contribution < -0.4 is 19.5 Å². The van der Waals surface area contributed by atoms with E-state index in [9.17, 15) is 14.9 Å². The quantitative estimate of drug-likeness (QED) is 0.189. The summed E-state index contributed by atoms with van der Waals surface area (Å²) in [5.41, 5.74) is 1.61. The maximum Gasteiger partial charge on any atom is 0.349 e. The number of hydrogen-bond donors (Lipinski definition) is 1. The average molecular weight is 475 g/mol. The van der Waals surface area contributed by atoms with E-state index in [-0.39, 0.29) is 24.5 Å². The van der Waals surface area contributed by atoms with E-state index in [4.69, 9.17) is 18.6 Å². The summed E-state index contributed by atoms with van der Waals surface area (Å²) in [6.45, 7) is 4.07. The van der Waals surface area contributed by atoms with Crippen LogP contribution in [0, 0.1) is 11.3 Å². The van der Waals surface area contributed by atoms with E-state index < -0.39 is 11.9 Å². The average Bonchev–Trinajstić information content (AvgIpc) is 3.40. The van der Waals surface area contributed by atoms with Gasteiger partial charge in [0.25, 0.3) is 5.91 Å². The van der Waals surface area contributed by atoms with Crippen LogP contribution in [-0.4, -0.2) is 25.1 Å². The molecule has 0 unspecified atom stereocenters. The maximum atomic E-state index is 12.4. The molecule has 0 atom stereocenters. The van der Waals surface area contributed by atoms with Crippen molar-refractivity contribution in [2.24, 2.45) is 0 Å². The Bertz CT molecular complexity index is 1210. The van der Waals surface area contributed by atoms with Gasteiger partial charge in [0.1, 0.15) is 23.2 Å². The number of nitrogens with one attached hydrogen (secondary N) is 1. The van der Waals surface area contributed by atoms with Gasteiger partial charge in [-0.2, -0.15) is 5.26 Å². The number of amides is 1. The molecule has 0 aliphatic carbocycles. The van der Waals surface area contributed by atoms with E-state index in [1.807, 2.05) is 18.2 Å². The highest BCUT2D eigenvalue weighted by atomic mass is 16.6. The normalized spacial score (nSPS) is 10.8. The topological polar surface area (TPSA) is 111 Å². The lowest BCUT2D eigenvalue weighted by Crippen LogP contribution is -2.23. The predicted octanol–water partition coefficient (Wildman–Crippen LogP) is 4.45. The second kappa shape index (κ2) is 12.7. The van der Waals surface area contributed by atoms with Gasteiger partial charge in [0.2, 0.25) is 0 Å². The summed E-state index contributed by atoms with van der Waals surface area (Å²) in [7, 11) is 0. The molecule has 3 rings (SSSR count). The summed E-state index contributed by atoms with van der Waals surface area (Å²) >= 11 is 0. The molecule has 35 heavy (non-hydrogen) atoms. The first kappa shape index (κ1) is 25.1. The molecule has 0 aliphatic heterocycles. The second-order valence-corrected chi connectivity index (χ2v) is 7.33. The molecule has 8 heteroatoms. The fourth-order valence-corrected chi connectivity index (χ4v) is 3.07. The van der Waals surface area contributed by atoms with Crippen molar-refractivity contribution >= 4 is 18.0 Å². The van der Waals surface area contributed by atoms with Crippen LogP contribution >= 0.6 is 0 Å². The number of nitrogens with zero attached hydrogens (tertiary/aromatic N) is 1. The SMILES string of the molecule is CCOc1cc(/C=C(\C#N)C(=O)NCc2ccco2)ccc1OC(=O)COc1ccc(CC)cc1. The molecule has 1 aromatic heterocycles. The van der Waals surface area contributed by atoms with Gasteiger partial charge < -0.3 is 23.9 Å². The zero-order valence-corrected chi connectivity index (χ0v) is 19.6. The Labute approximate surface area is 203 Å². The zero-order chi connectivity index (χ0) is 25.0. The summed E-state index contributed by atoms with van der Waals surface area (Å²) in [5.74, 6) is 0.515. The van der Waals surface area contributed by atoms with E-state index in [1.54, 1.807) is 49.4 Å². The number of aryl methyl sites for hydroxylation is 1. The number of nitriles is 1. The van der Waals surface area contributed by atoms with Gasteiger partial charge in [0, 0.05) is 0 Å². The van der Waals surface area contributed by atoms with Crippen LogP contribution in [0.15, 0.2) is 70.9 Å². The van der Waals surface area contributed by atoms with Gasteiger partial charge in [-0.15, -0.1) is 0 Å². The van der Waals surface area contributed by atoms with Crippen molar-refractivity contribution in [1.82, 2.24) is 5.32 Å². The number of rotatable bonds is 11. The molecule has 2 aromatic carbocycles. The largest absolute Gasteiger partial charge is 0.490 e. The van der Waals surface area contributed by atoms with Crippen molar-refractivity contribution in [2.75, 3.05) is 13.2 Å². The third-order valence-electron chi connectivity index (χ3n) is 4.86. The molecule has 0 aliphatic rings. The standard InChI is InChI=1S/C27H26N2O6/c1-3-19-7-10-22(11-8-19)34-18-26(30)35-24-12-9-20(15-25(24)32-4-2)14-21(16-28)27(31)29-17-23-6-5-13-33-23/h5-15H,3-4,17-18H2,1-2H3,(H,29,31)/b21-14+. The van der Waals surface area contributed by atoms with Gasteiger partial charge in [-0.3, -0.25) is 4.79 Å². The highest BCUT2D eigenvalue weighted by molar-refractivity contribution is 6.01. The molecule has 8 nitrogen and oxygen atoms in total. The molecular formula is C27H26N2O6. The van der Waals surface area contributed by atoms with Crippen LogP contribution in [0.1, 0.15) is 30.7 Å². The number of esters is 1. The van der Waals surface area contributed by atoms with Crippen LogP contribution in [-0.2, 0) is 22.6 Å². The van der Waals surface area contributed by atoms with Crippen LogP contribution in [0.5, 0.6) is 17.2 Å². The van der Waals surface area contributed by atoms with E-state index >= 15 is 0 Å². The van der Waals surface area contributed by atoms with Crippen LogP contribution in [0.2, 0.25) is 0 Å². The fourth-order valence-electron chi connectivity index (χ4n) is 3.07. The lowest BCUT2D eigenvalue weighted by Gasteiger charge is -2.12. The number of carbonyl (C=O) groups is 2. The maximum absolute atomic E-state index is 12.4. The molecule has 0 saturated heterocycles. The number of benzene rings is 2. The van der Waals surface area contributed by atoms with Crippen molar-refractivity contribution < 1.29 is 28.2 Å². The lowest BCUT2D eigenvalue weighted by atomic mass is 10.1. The van der Waals surface area contributed by atoms with Crippen LogP contribution in [0.3, 0.4) is 0 Å². The fraction of sp³-hybridized carbons (Fsp3) is 0.222. The predicted molar refractivity (Wildman–Crippen MR) is 129 cm³/mol. The monoisotopic (exact) mass is 474 g/mol. The van der Waals surface area contributed by atoms with Gasteiger partial charge in [0.15, 0.2) is 18.1 Å². The summed E-state index contributed by atoms with van der Waals surface area (Å²) in [6, 6.07) is 17.6. The molecule has 0 saturated carbocycles. The molecule has 0 fully saturated rings. The minimum absolute atomic E-state index is 0.0914. The van der Waals surface area contributed by atoms with Gasteiger partial charge >= 0.3 is 5.97 Å². The van der Waals surface area contributed by atoms with Gasteiger partial charge in [0.05, 0.1) is 19.4 Å². The first-order chi connectivity index (χ1) is 17.0. The Kier molecular flexibility index (Phi) is 9.08. The van der Waals surface area contributed by atoms with Crippen molar-refractivity contribution in [2.45, 2.75) is 26.8 Å². The van der Waals surface area contributed by atoms with Crippen molar-refractivity contribution in [1.29, 1.82) is 5.26 Å². The molecular weight excluding hydrogens is 448 g/mol. The molecule has 0 spiro atoms. The molecule has 3 aromatic rings. The Balaban J connectivity index is 1.65. The van der Waals surface area contributed by atoms with E-state index in [0.717, 1.165) is 6.42 Å². The van der Waals surface area contributed by atoms with Gasteiger partial charge in [-0.05, 0) is 66.9 Å². The lowest BCUT2D eigenvalue weighted by molar-refractivity contribution is -0.136. The Morgan fingerprint density at radius 2 is 1.86 bits per heavy atom. The van der Waals surface area contributed by atoms with Gasteiger partial charge in [-0.1, -0.05) is 25.1 Å². The summed E-state index contributed by atoms with van der Waals surface area (Å²) in [6.07, 6.45) is 3.84. The highest BCUT2D eigenvalue weighted by Crippen LogP contribution is 2.29. The third kappa shape index (κ3) is 7.51. The smallest absolute Gasteiger partial charge is 0.349 e. The first-order valence-electron chi connectivity index (χ1n) is 11.1. The number of carbonyl (C=O) groups excluding carboxylic acids is 2. The van der Waals surface area contributed by atoms with Crippen molar-refractivity contribution in [3.05, 3.63) is 83.3 Å². The second-order valence-electron chi connectivity index (χ2n) is 7.33. The Morgan fingerprint density at radius 1 is 1.06 bits per heavy atom. The van der Waals surface area contributed by atoms with E-state index in [2.05, 4.69) is 12.2 Å².